The van der Waals surface area contributed by atoms with Crippen molar-refractivity contribution in [2.75, 3.05) is 45.2 Å². The topological polar surface area (TPSA) is 58.0 Å². The average molecular weight is 549 g/mol. The molecule has 0 N–H and O–H groups in total. The van der Waals surface area contributed by atoms with Crippen molar-refractivity contribution in [3.05, 3.63) is 107 Å². The first-order chi connectivity index (χ1) is 19.9. The molecule has 4 aromatic rings. The molecule has 3 aromatic carbocycles. The normalized spacial score (nSPS) is 15.5. The summed E-state index contributed by atoms with van der Waals surface area (Å²) in [7, 11) is 3.78. The summed E-state index contributed by atoms with van der Waals surface area (Å²) in [6, 6.07) is 25.7. The zero-order chi connectivity index (χ0) is 28.5. The fraction of sp³-hybridized carbons (Fsp3) is 0.294. The summed E-state index contributed by atoms with van der Waals surface area (Å²) in [5.74, 6) is 0.797. The zero-order valence-electron chi connectivity index (χ0n) is 24.0. The van der Waals surface area contributed by atoms with Crippen LogP contribution in [0.25, 0.3) is 11.1 Å². The third-order valence-corrected chi connectivity index (χ3v) is 8.34. The third kappa shape index (κ3) is 5.13. The maximum atomic E-state index is 14.1. The highest BCUT2D eigenvalue weighted by Gasteiger charge is 2.29. The zero-order valence-corrected chi connectivity index (χ0v) is 24.0. The highest BCUT2D eigenvalue weighted by Crippen LogP contribution is 2.34. The van der Waals surface area contributed by atoms with Crippen LogP contribution in [0.2, 0.25) is 0 Å². The lowest BCUT2D eigenvalue weighted by molar-refractivity contribution is 0.0752. The highest BCUT2D eigenvalue weighted by molar-refractivity contribution is 6.07. The van der Waals surface area contributed by atoms with Crippen LogP contribution < -0.4 is 9.64 Å². The second-order valence-corrected chi connectivity index (χ2v) is 11.0. The summed E-state index contributed by atoms with van der Waals surface area (Å²) in [5.41, 5.74) is 7.19. The van der Waals surface area contributed by atoms with Gasteiger partial charge in [0.25, 0.3) is 11.8 Å². The molecule has 2 amide bonds. The monoisotopic (exact) mass is 548 g/mol. The second-order valence-electron chi connectivity index (χ2n) is 11.0. The van der Waals surface area contributed by atoms with Crippen LogP contribution in [0.4, 0.5) is 5.69 Å². The first-order valence-electron chi connectivity index (χ1n) is 14.2. The number of rotatable bonds is 4. The van der Waals surface area contributed by atoms with Crippen LogP contribution in [0.5, 0.6) is 5.75 Å². The molecule has 2 aliphatic rings. The van der Waals surface area contributed by atoms with Crippen molar-refractivity contribution in [1.82, 2.24) is 14.4 Å². The molecular formula is C34H36N4O3. The summed E-state index contributed by atoms with van der Waals surface area (Å²) < 4.78 is 7.67. The highest BCUT2D eigenvalue weighted by atomic mass is 16.5. The van der Waals surface area contributed by atoms with Gasteiger partial charge in [-0.05, 0) is 80.0 Å². The lowest BCUT2D eigenvalue weighted by Crippen LogP contribution is -2.35. The van der Waals surface area contributed by atoms with Gasteiger partial charge in [0.05, 0.1) is 20.2 Å². The molecule has 7 heteroatoms. The number of para-hydroxylation sites is 2. The molecule has 1 saturated heterocycles. The van der Waals surface area contributed by atoms with E-state index in [4.69, 9.17) is 4.74 Å². The lowest BCUT2D eigenvalue weighted by Gasteiger charge is -2.23. The number of methoxy groups -OCH3 is 1. The standard InChI is InChI=1S/C34H36N4O3/c1-24-21-25(13-15-28(24)29-10-5-7-12-32(29)41-3)33(39)38-23-27-14-16-31(34(40)36-18-8-17-35(2)19-20-36)37(27)22-26-9-4-6-11-30(26)38/h4-7,9-16,21H,8,17-20,22-23H2,1-3H3. The summed E-state index contributed by atoms with van der Waals surface area (Å²) >= 11 is 0. The van der Waals surface area contributed by atoms with Crippen LogP contribution in [0, 0.1) is 6.92 Å². The maximum Gasteiger partial charge on any atom is 0.270 e. The molecule has 0 radical (unpaired) electrons. The van der Waals surface area contributed by atoms with Crippen LogP contribution in [0.1, 0.15) is 44.1 Å². The van der Waals surface area contributed by atoms with Crippen molar-refractivity contribution in [1.29, 1.82) is 0 Å². The van der Waals surface area contributed by atoms with E-state index in [0.29, 0.717) is 24.3 Å². The summed E-state index contributed by atoms with van der Waals surface area (Å²) in [4.78, 5) is 33.9. The van der Waals surface area contributed by atoms with Crippen molar-refractivity contribution in [3.8, 4) is 16.9 Å². The fourth-order valence-corrected chi connectivity index (χ4v) is 6.06. The number of aryl methyl sites for hydroxylation is 1. The Kier molecular flexibility index (Phi) is 7.37. The van der Waals surface area contributed by atoms with E-state index in [2.05, 4.69) is 22.6 Å². The molecule has 1 fully saturated rings. The number of likely N-dealkylation sites (N-methyl/N-ethyl adjacent to an activating group) is 1. The summed E-state index contributed by atoms with van der Waals surface area (Å²) in [6.07, 6.45) is 0.968. The molecule has 1 aromatic heterocycles. The maximum absolute atomic E-state index is 14.1. The lowest BCUT2D eigenvalue weighted by atomic mass is 9.97. The van der Waals surface area contributed by atoms with Gasteiger partial charge >= 0.3 is 0 Å². The molecule has 41 heavy (non-hydrogen) atoms. The molecule has 0 saturated carbocycles. The Hall–Kier alpha value is -4.36. The van der Waals surface area contributed by atoms with E-state index >= 15 is 0 Å². The SMILES string of the molecule is COc1ccccc1-c1ccc(C(=O)N2Cc3ccc(C(=O)N4CCCN(C)CC4)n3Cc3ccccc32)cc1C. The average Bonchev–Trinajstić information content (AvgIpc) is 3.14. The minimum Gasteiger partial charge on any atom is -0.496 e. The van der Waals surface area contributed by atoms with E-state index in [0.717, 1.165) is 72.0 Å². The molecule has 0 atom stereocenters. The molecule has 0 unspecified atom stereocenters. The Labute approximate surface area is 241 Å². The number of hydrogen-bond donors (Lipinski definition) is 0. The number of amides is 2. The van der Waals surface area contributed by atoms with Crippen LogP contribution in [-0.2, 0) is 13.1 Å². The van der Waals surface area contributed by atoms with Gasteiger partial charge in [-0.1, -0.05) is 42.5 Å². The molecule has 0 aliphatic carbocycles. The number of hydrogen-bond acceptors (Lipinski definition) is 4. The quantitative estimate of drug-likeness (QED) is 0.340. The van der Waals surface area contributed by atoms with Gasteiger partial charge in [0.15, 0.2) is 0 Å². The molecule has 210 valence electrons. The predicted molar refractivity (Wildman–Crippen MR) is 162 cm³/mol. The Morgan fingerprint density at radius 3 is 2.41 bits per heavy atom. The third-order valence-electron chi connectivity index (χ3n) is 8.34. The molecule has 2 aliphatic heterocycles. The van der Waals surface area contributed by atoms with E-state index in [-0.39, 0.29) is 11.8 Å². The summed E-state index contributed by atoms with van der Waals surface area (Å²) in [5, 5.41) is 0. The van der Waals surface area contributed by atoms with Crippen LogP contribution >= 0.6 is 0 Å². The molecule has 0 bridgehead atoms. The largest absolute Gasteiger partial charge is 0.496 e. The molecule has 7 nitrogen and oxygen atoms in total. The van der Waals surface area contributed by atoms with Gasteiger partial charge in [-0.3, -0.25) is 9.59 Å². The van der Waals surface area contributed by atoms with E-state index in [1.807, 2.05) is 89.5 Å². The van der Waals surface area contributed by atoms with E-state index in [1.165, 1.54) is 0 Å². The van der Waals surface area contributed by atoms with Crippen LogP contribution in [-0.4, -0.2) is 66.5 Å². The van der Waals surface area contributed by atoms with Gasteiger partial charge in [-0.25, -0.2) is 0 Å². The van der Waals surface area contributed by atoms with Crippen molar-refractivity contribution in [2.24, 2.45) is 0 Å². The number of carbonyl (C=O) groups is 2. The molecular weight excluding hydrogens is 512 g/mol. The van der Waals surface area contributed by atoms with Gasteiger partial charge in [0.2, 0.25) is 0 Å². The number of benzene rings is 3. The Bertz CT molecular complexity index is 1610. The Morgan fingerprint density at radius 2 is 1.59 bits per heavy atom. The minimum absolute atomic E-state index is 0.0614. The molecule has 6 rings (SSSR count). The number of anilines is 1. The number of carbonyl (C=O) groups excluding carboxylic acids is 2. The van der Waals surface area contributed by atoms with E-state index in [9.17, 15) is 9.59 Å². The van der Waals surface area contributed by atoms with E-state index < -0.39 is 0 Å². The van der Waals surface area contributed by atoms with E-state index in [1.54, 1.807) is 7.11 Å². The van der Waals surface area contributed by atoms with Crippen molar-refractivity contribution < 1.29 is 14.3 Å². The molecule has 3 heterocycles. The minimum atomic E-state index is -0.0646. The fourth-order valence-electron chi connectivity index (χ4n) is 6.06. The number of aromatic nitrogens is 1. The van der Waals surface area contributed by atoms with Crippen molar-refractivity contribution in [2.45, 2.75) is 26.4 Å². The van der Waals surface area contributed by atoms with Crippen molar-refractivity contribution >= 4 is 17.5 Å². The van der Waals surface area contributed by atoms with Gasteiger partial charge in [-0.15, -0.1) is 0 Å². The molecule has 0 spiro atoms. The van der Waals surface area contributed by atoms with Gasteiger partial charge < -0.3 is 24.0 Å². The van der Waals surface area contributed by atoms with Crippen LogP contribution in [0.3, 0.4) is 0 Å². The van der Waals surface area contributed by atoms with Crippen LogP contribution in [0.15, 0.2) is 78.9 Å². The number of nitrogens with zero attached hydrogens (tertiary/aromatic N) is 4. The first-order valence-corrected chi connectivity index (χ1v) is 14.2. The number of fused-ring (bicyclic) bond motifs is 2. The summed E-state index contributed by atoms with van der Waals surface area (Å²) in [6.45, 7) is 6.32. The number of ether oxygens (including phenoxy) is 1. The Morgan fingerprint density at radius 1 is 0.780 bits per heavy atom. The predicted octanol–water partition coefficient (Wildman–Crippen LogP) is 5.46. The Balaban J connectivity index is 1.33. The smallest absolute Gasteiger partial charge is 0.270 e. The van der Waals surface area contributed by atoms with Gasteiger partial charge in [0.1, 0.15) is 11.4 Å². The second kappa shape index (κ2) is 11.3. The van der Waals surface area contributed by atoms with Gasteiger partial charge in [0, 0.05) is 42.1 Å². The van der Waals surface area contributed by atoms with Crippen molar-refractivity contribution in [3.63, 3.8) is 0 Å². The first kappa shape index (κ1) is 26.8. The van der Waals surface area contributed by atoms with Gasteiger partial charge in [-0.2, -0.15) is 0 Å².